The normalized spacial score (nSPS) is 22.6. The Morgan fingerprint density at radius 3 is 2.81 bits per heavy atom. The van der Waals surface area contributed by atoms with Crippen LogP contribution < -0.4 is 19.5 Å². The first-order chi connectivity index (χ1) is 10.1. The monoisotopic (exact) mass is 312 g/mol. The fourth-order valence-electron chi connectivity index (χ4n) is 2.60. The van der Waals surface area contributed by atoms with Crippen molar-refractivity contribution < 1.29 is 17.9 Å². The molecule has 0 radical (unpaired) electrons. The predicted octanol–water partition coefficient (Wildman–Crippen LogP) is 0.878. The Balaban J connectivity index is 1.77. The summed E-state index contributed by atoms with van der Waals surface area (Å²) in [6.45, 7) is 2.55. The molecule has 1 aromatic rings. The molecule has 0 aliphatic carbocycles. The average molecular weight is 312 g/mol. The van der Waals surface area contributed by atoms with Crippen LogP contribution in [0.1, 0.15) is 19.3 Å². The topological polar surface area (TPSA) is 76.7 Å². The summed E-state index contributed by atoms with van der Waals surface area (Å²) in [6, 6.07) is 4.67. The lowest BCUT2D eigenvalue weighted by Gasteiger charge is -2.20. The molecule has 0 aromatic heterocycles. The predicted molar refractivity (Wildman–Crippen MR) is 78.3 cm³/mol. The van der Waals surface area contributed by atoms with Gasteiger partial charge in [-0.2, -0.15) is 0 Å². The van der Waals surface area contributed by atoms with Gasteiger partial charge in [-0.15, -0.1) is 0 Å². The fraction of sp³-hybridized carbons (Fsp3) is 0.571. The van der Waals surface area contributed by atoms with Crippen molar-refractivity contribution in [2.45, 2.75) is 30.2 Å². The molecule has 7 heteroatoms. The van der Waals surface area contributed by atoms with Crippen LogP contribution >= 0.6 is 0 Å². The van der Waals surface area contributed by atoms with Gasteiger partial charge < -0.3 is 14.8 Å². The molecule has 1 unspecified atom stereocenters. The SMILES string of the molecule is O=S(=O)(NC1CCCCNC1)c1ccc2c(c1)OCCO2. The molecular weight excluding hydrogens is 292 g/mol. The molecule has 1 fully saturated rings. The smallest absolute Gasteiger partial charge is 0.241 e. The van der Waals surface area contributed by atoms with Gasteiger partial charge in [0, 0.05) is 18.7 Å². The van der Waals surface area contributed by atoms with E-state index in [0.29, 0.717) is 31.3 Å². The van der Waals surface area contributed by atoms with E-state index < -0.39 is 10.0 Å². The highest BCUT2D eigenvalue weighted by atomic mass is 32.2. The van der Waals surface area contributed by atoms with Crippen molar-refractivity contribution in [3.05, 3.63) is 18.2 Å². The zero-order valence-electron chi connectivity index (χ0n) is 11.8. The maximum Gasteiger partial charge on any atom is 0.241 e. The van der Waals surface area contributed by atoms with E-state index >= 15 is 0 Å². The molecule has 0 saturated carbocycles. The number of ether oxygens (including phenoxy) is 2. The van der Waals surface area contributed by atoms with Crippen LogP contribution in [0.15, 0.2) is 23.1 Å². The summed E-state index contributed by atoms with van der Waals surface area (Å²) in [5, 5.41) is 3.25. The van der Waals surface area contributed by atoms with Crippen molar-refractivity contribution in [3.63, 3.8) is 0 Å². The Labute approximate surface area is 124 Å². The first-order valence-electron chi connectivity index (χ1n) is 7.28. The van der Waals surface area contributed by atoms with Crippen LogP contribution in [0.4, 0.5) is 0 Å². The second kappa shape index (κ2) is 6.21. The molecule has 0 amide bonds. The maximum absolute atomic E-state index is 12.5. The molecule has 1 aromatic carbocycles. The summed E-state index contributed by atoms with van der Waals surface area (Å²) in [6.07, 6.45) is 2.97. The third kappa shape index (κ3) is 3.48. The molecule has 2 heterocycles. The van der Waals surface area contributed by atoms with Gasteiger partial charge in [-0.25, -0.2) is 13.1 Å². The summed E-state index contributed by atoms with van der Waals surface area (Å²) in [7, 11) is -3.54. The summed E-state index contributed by atoms with van der Waals surface area (Å²) < 4.78 is 38.5. The molecule has 21 heavy (non-hydrogen) atoms. The molecule has 1 saturated heterocycles. The van der Waals surface area contributed by atoms with Crippen molar-refractivity contribution in [2.75, 3.05) is 26.3 Å². The number of nitrogens with one attached hydrogen (secondary N) is 2. The summed E-state index contributed by atoms with van der Waals surface area (Å²) in [5.41, 5.74) is 0. The molecule has 0 bridgehead atoms. The van der Waals surface area contributed by atoms with Gasteiger partial charge in [0.2, 0.25) is 10.0 Å². The van der Waals surface area contributed by atoms with Crippen LogP contribution in [0.5, 0.6) is 11.5 Å². The van der Waals surface area contributed by atoms with E-state index in [1.807, 2.05) is 0 Å². The van der Waals surface area contributed by atoms with E-state index in [2.05, 4.69) is 10.0 Å². The molecule has 0 spiro atoms. The van der Waals surface area contributed by atoms with E-state index in [1.54, 1.807) is 12.1 Å². The van der Waals surface area contributed by atoms with E-state index in [-0.39, 0.29) is 10.9 Å². The first-order valence-corrected chi connectivity index (χ1v) is 8.76. The summed E-state index contributed by atoms with van der Waals surface area (Å²) in [5.74, 6) is 1.08. The average Bonchev–Trinajstić information content (AvgIpc) is 2.75. The van der Waals surface area contributed by atoms with Crippen molar-refractivity contribution >= 4 is 10.0 Å². The zero-order chi connectivity index (χ0) is 14.7. The number of benzene rings is 1. The van der Waals surface area contributed by atoms with E-state index in [4.69, 9.17) is 9.47 Å². The van der Waals surface area contributed by atoms with Crippen molar-refractivity contribution in [1.29, 1.82) is 0 Å². The fourth-order valence-corrected chi connectivity index (χ4v) is 3.88. The van der Waals surface area contributed by atoms with Crippen molar-refractivity contribution in [1.82, 2.24) is 10.0 Å². The Morgan fingerprint density at radius 2 is 1.95 bits per heavy atom. The number of rotatable bonds is 3. The highest BCUT2D eigenvalue weighted by Crippen LogP contribution is 2.32. The van der Waals surface area contributed by atoms with Crippen molar-refractivity contribution in [2.24, 2.45) is 0 Å². The van der Waals surface area contributed by atoms with Crippen LogP contribution in [0.3, 0.4) is 0 Å². The number of hydrogen-bond acceptors (Lipinski definition) is 5. The number of hydrogen-bond donors (Lipinski definition) is 2. The first kappa shape index (κ1) is 14.6. The lowest BCUT2D eigenvalue weighted by atomic mass is 10.2. The Morgan fingerprint density at radius 1 is 1.14 bits per heavy atom. The van der Waals surface area contributed by atoms with Crippen molar-refractivity contribution in [3.8, 4) is 11.5 Å². The lowest BCUT2D eigenvalue weighted by Crippen LogP contribution is -2.40. The molecule has 1 atom stereocenters. The standard InChI is InChI=1S/C14H20N2O4S/c17-21(18,16-11-3-1-2-6-15-10-11)12-4-5-13-14(9-12)20-8-7-19-13/h4-5,9,11,15-16H,1-3,6-8,10H2. The minimum Gasteiger partial charge on any atom is -0.486 e. The highest BCUT2D eigenvalue weighted by molar-refractivity contribution is 7.89. The summed E-state index contributed by atoms with van der Waals surface area (Å²) in [4.78, 5) is 0.219. The molecule has 6 nitrogen and oxygen atoms in total. The third-order valence-corrected chi connectivity index (χ3v) is 5.21. The molecule has 2 aliphatic rings. The molecule has 2 N–H and O–H groups in total. The minimum absolute atomic E-state index is 0.0642. The number of fused-ring (bicyclic) bond motifs is 1. The van der Waals surface area contributed by atoms with Gasteiger partial charge in [-0.05, 0) is 31.5 Å². The minimum atomic E-state index is -3.54. The number of sulfonamides is 1. The van der Waals surface area contributed by atoms with Gasteiger partial charge in [0.05, 0.1) is 4.90 Å². The van der Waals surface area contributed by atoms with Gasteiger partial charge in [0.1, 0.15) is 13.2 Å². The van der Waals surface area contributed by atoms with Crippen LogP contribution in [0.25, 0.3) is 0 Å². The lowest BCUT2D eigenvalue weighted by molar-refractivity contribution is 0.171. The second-order valence-corrected chi connectivity index (χ2v) is 7.04. The maximum atomic E-state index is 12.5. The van der Waals surface area contributed by atoms with Crippen LogP contribution in [-0.4, -0.2) is 40.8 Å². The molecule has 2 aliphatic heterocycles. The van der Waals surface area contributed by atoms with Crippen LogP contribution in [0, 0.1) is 0 Å². The van der Waals surface area contributed by atoms with Crippen LogP contribution in [-0.2, 0) is 10.0 Å². The zero-order valence-corrected chi connectivity index (χ0v) is 12.6. The van der Waals surface area contributed by atoms with Gasteiger partial charge in [-0.3, -0.25) is 0 Å². The second-order valence-electron chi connectivity index (χ2n) is 5.32. The Bertz CT molecular complexity index is 595. The summed E-state index contributed by atoms with van der Waals surface area (Å²) >= 11 is 0. The third-order valence-electron chi connectivity index (χ3n) is 3.69. The Hall–Kier alpha value is -1.31. The van der Waals surface area contributed by atoms with Gasteiger partial charge in [0.15, 0.2) is 11.5 Å². The molecule has 116 valence electrons. The van der Waals surface area contributed by atoms with Crippen LogP contribution in [0.2, 0.25) is 0 Å². The van der Waals surface area contributed by atoms with E-state index in [1.165, 1.54) is 6.07 Å². The van der Waals surface area contributed by atoms with Gasteiger partial charge >= 0.3 is 0 Å². The quantitative estimate of drug-likeness (QED) is 0.866. The van der Waals surface area contributed by atoms with E-state index in [0.717, 1.165) is 25.8 Å². The molecule has 3 rings (SSSR count). The largest absolute Gasteiger partial charge is 0.486 e. The van der Waals surface area contributed by atoms with E-state index in [9.17, 15) is 8.42 Å². The van der Waals surface area contributed by atoms with Gasteiger partial charge in [-0.1, -0.05) is 6.42 Å². The Kier molecular flexibility index (Phi) is 4.32. The van der Waals surface area contributed by atoms with Gasteiger partial charge in [0.25, 0.3) is 0 Å². The molecular formula is C14H20N2O4S. The highest BCUT2D eigenvalue weighted by Gasteiger charge is 2.23.